The zero-order chi connectivity index (χ0) is 20.3. The van der Waals surface area contributed by atoms with Crippen LogP contribution in [0.2, 0.25) is 0 Å². The standard InChI is InChI=1S/C24H30N4O.HI/c1-18-6-3-4-7-21(18)24(13-14-24)17-27-23(25-2)26-16-19-9-11-20(12-10-19)28-15-5-8-22(28)29;/h3-4,6-7,9-12H,5,8,13-17H2,1-2H3,(H2,25,26,27);1H. The lowest BCUT2D eigenvalue weighted by molar-refractivity contribution is -0.117. The Labute approximate surface area is 196 Å². The zero-order valence-electron chi connectivity index (χ0n) is 17.8. The smallest absolute Gasteiger partial charge is 0.227 e. The van der Waals surface area contributed by atoms with Crippen molar-refractivity contribution in [1.29, 1.82) is 0 Å². The first-order valence-corrected chi connectivity index (χ1v) is 10.5. The van der Waals surface area contributed by atoms with E-state index in [-0.39, 0.29) is 35.3 Å². The molecule has 4 rings (SSSR count). The zero-order valence-corrected chi connectivity index (χ0v) is 20.1. The molecule has 0 atom stereocenters. The first kappa shape index (κ1) is 22.6. The van der Waals surface area contributed by atoms with Crippen LogP contribution in [0.25, 0.3) is 0 Å². The Balaban J connectivity index is 0.00000256. The van der Waals surface area contributed by atoms with Crippen LogP contribution in [0.5, 0.6) is 0 Å². The summed E-state index contributed by atoms with van der Waals surface area (Å²) in [7, 11) is 1.81. The fourth-order valence-electron chi connectivity index (χ4n) is 4.23. The minimum Gasteiger partial charge on any atom is -0.356 e. The van der Waals surface area contributed by atoms with E-state index in [0.29, 0.717) is 13.0 Å². The molecule has 2 N–H and O–H groups in total. The van der Waals surface area contributed by atoms with E-state index >= 15 is 0 Å². The Morgan fingerprint density at radius 3 is 2.43 bits per heavy atom. The Morgan fingerprint density at radius 1 is 1.10 bits per heavy atom. The van der Waals surface area contributed by atoms with Gasteiger partial charge in [-0.25, -0.2) is 0 Å². The highest BCUT2D eigenvalue weighted by molar-refractivity contribution is 14.0. The molecular formula is C24H31IN4O. The van der Waals surface area contributed by atoms with Crippen LogP contribution in [0.1, 0.15) is 42.4 Å². The van der Waals surface area contributed by atoms with Crippen LogP contribution >= 0.6 is 24.0 Å². The van der Waals surface area contributed by atoms with E-state index in [1.54, 1.807) is 0 Å². The van der Waals surface area contributed by atoms with Crippen LogP contribution in [-0.4, -0.2) is 32.0 Å². The predicted molar refractivity (Wildman–Crippen MR) is 134 cm³/mol. The lowest BCUT2D eigenvalue weighted by Gasteiger charge is -2.21. The quantitative estimate of drug-likeness (QED) is 0.344. The number of carbonyl (C=O) groups excluding carboxylic acids is 1. The fourth-order valence-corrected chi connectivity index (χ4v) is 4.23. The number of anilines is 1. The summed E-state index contributed by atoms with van der Waals surface area (Å²) >= 11 is 0. The molecule has 0 bridgehead atoms. The van der Waals surface area contributed by atoms with Gasteiger partial charge in [0.15, 0.2) is 5.96 Å². The molecule has 2 aromatic rings. The third-order valence-electron chi connectivity index (χ3n) is 6.17. The number of carbonyl (C=O) groups is 1. The molecule has 0 unspecified atom stereocenters. The summed E-state index contributed by atoms with van der Waals surface area (Å²) < 4.78 is 0. The topological polar surface area (TPSA) is 56.7 Å². The second kappa shape index (κ2) is 9.81. The summed E-state index contributed by atoms with van der Waals surface area (Å²) in [5.41, 5.74) is 5.23. The maximum absolute atomic E-state index is 11.9. The van der Waals surface area contributed by atoms with Gasteiger partial charge in [0.2, 0.25) is 5.91 Å². The molecular weight excluding hydrogens is 487 g/mol. The minimum atomic E-state index is 0. The number of aryl methyl sites for hydroxylation is 1. The van der Waals surface area contributed by atoms with Crippen LogP contribution in [0.4, 0.5) is 5.69 Å². The third kappa shape index (κ3) is 4.96. The molecule has 160 valence electrons. The maximum Gasteiger partial charge on any atom is 0.227 e. The number of rotatable bonds is 6. The van der Waals surface area contributed by atoms with E-state index < -0.39 is 0 Å². The normalized spacial score (nSPS) is 17.5. The van der Waals surface area contributed by atoms with Gasteiger partial charge in [-0.3, -0.25) is 9.79 Å². The number of halogens is 1. The van der Waals surface area contributed by atoms with Crippen LogP contribution in [0.3, 0.4) is 0 Å². The van der Waals surface area contributed by atoms with Crippen molar-refractivity contribution in [3.63, 3.8) is 0 Å². The van der Waals surface area contributed by atoms with Crippen molar-refractivity contribution in [2.45, 2.75) is 44.6 Å². The molecule has 1 aliphatic carbocycles. The Bertz CT molecular complexity index is 906. The molecule has 0 radical (unpaired) electrons. The summed E-state index contributed by atoms with van der Waals surface area (Å²) in [6.45, 7) is 4.62. The lowest BCUT2D eigenvalue weighted by atomic mass is 9.92. The summed E-state index contributed by atoms with van der Waals surface area (Å²) in [4.78, 5) is 18.1. The van der Waals surface area contributed by atoms with Crippen LogP contribution in [0, 0.1) is 6.92 Å². The number of nitrogens with zero attached hydrogens (tertiary/aromatic N) is 2. The van der Waals surface area contributed by atoms with Gasteiger partial charge in [0.25, 0.3) is 0 Å². The predicted octanol–water partition coefficient (Wildman–Crippen LogP) is 4.14. The highest BCUT2D eigenvalue weighted by Crippen LogP contribution is 2.48. The van der Waals surface area contributed by atoms with E-state index in [0.717, 1.165) is 31.2 Å². The number of hydrogen-bond donors (Lipinski definition) is 2. The van der Waals surface area contributed by atoms with Gasteiger partial charge < -0.3 is 15.5 Å². The van der Waals surface area contributed by atoms with Gasteiger partial charge in [-0.15, -0.1) is 24.0 Å². The summed E-state index contributed by atoms with van der Waals surface area (Å²) in [5, 5.41) is 6.92. The number of hydrogen-bond acceptors (Lipinski definition) is 2. The monoisotopic (exact) mass is 518 g/mol. The number of aliphatic imine (C=N–C) groups is 1. The Morgan fingerprint density at radius 2 is 1.83 bits per heavy atom. The highest BCUT2D eigenvalue weighted by Gasteiger charge is 2.44. The molecule has 6 heteroatoms. The average Bonchev–Trinajstić information content (AvgIpc) is 3.41. The van der Waals surface area contributed by atoms with Crippen LogP contribution in [0.15, 0.2) is 53.5 Å². The SMILES string of the molecule is CN=C(NCc1ccc(N2CCCC2=O)cc1)NCC1(c2ccccc2C)CC1.I. The molecule has 1 aliphatic heterocycles. The van der Waals surface area contributed by atoms with Crippen LogP contribution in [-0.2, 0) is 16.8 Å². The molecule has 0 aromatic heterocycles. The summed E-state index contributed by atoms with van der Waals surface area (Å²) in [6, 6.07) is 16.9. The molecule has 1 saturated heterocycles. The molecule has 0 spiro atoms. The van der Waals surface area contributed by atoms with Gasteiger partial charge in [0.1, 0.15) is 0 Å². The van der Waals surface area contributed by atoms with Gasteiger partial charge in [0.05, 0.1) is 0 Å². The van der Waals surface area contributed by atoms with Crippen molar-refractivity contribution in [2.24, 2.45) is 4.99 Å². The fraction of sp³-hybridized carbons (Fsp3) is 0.417. The minimum absolute atomic E-state index is 0. The molecule has 5 nitrogen and oxygen atoms in total. The molecule has 1 heterocycles. The van der Waals surface area contributed by atoms with Gasteiger partial charge >= 0.3 is 0 Å². The highest BCUT2D eigenvalue weighted by atomic mass is 127. The summed E-state index contributed by atoms with van der Waals surface area (Å²) in [6.07, 6.45) is 4.06. The van der Waals surface area contributed by atoms with Crippen molar-refractivity contribution < 1.29 is 4.79 Å². The van der Waals surface area contributed by atoms with Crippen molar-refractivity contribution in [3.8, 4) is 0 Å². The van der Waals surface area contributed by atoms with E-state index in [1.807, 2.05) is 24.1 Å². The largest absolute Gasteiger partial charge is 0.356 e. The van der Waals surface area contributed by atoms with Gasteiger partial charge in [0, 0.05) is 44.2 Å². The van der Waals surface area contributed by atoms with Crippen molar-refractivity contribution in [1.82, 2.24) is 10.6 Å². The Kier molecular flexibility index (Phi) is 7.39. The van der Waals surface area contributed by atoms with Crippen LogP contribution < -0.4 is 15.5 Å². The second-order valence-electron chi connectivity index (χ2n) is 8.19. The molecule has 2 fully saturated rings. The molecule has 1 saturated carbocycles. The maximum atomic E-state index is 11.9. The van der Waals surface area contributed by atoms with Crippen molar-refractivity contribution in [2.75, 3.05) is 25.0 Å². The van der Waals surface area contributed by atoms with E-state index in [1.165, 1.54) is 29.5 Å². The summed E-state index contributed by atoms with van der Waals surface area (Å²) in [5.74, 6) is 1.05. The van der Waals surface area contributed by atoms with E-state index in [2.05, 4.69) is 58.9 Å². The lowest BCUT2D eigenvalue weighted by Crippen LogP contribution is -2.41. The average molecular weight is 518 g/mol. The van der Waals surface area contributed by atoms with Crippen molar-refractivity contribution in [3.05, 3.63) is 65.2 Å². The third-order valence-corrected chi connectivity index (χ3v) is 6.17. The molecule has 2 aliphatic rings. The Hall–Kier alpha value is -2.09. The van der Waals surface area contributed by atoms with Gasteiger partial charge in [-0.1, -0.05) is 36.4 Å². The second-order valence-corrected chi connectivity index (χ2v) is 8.19. The van der Waals surface area contributed by atoms with Crippen molar-refractivity contribution >= 4 is 41.5 Å². The van der Waals surface area contributed by atoms with Gasteiger partial charge in [-0.05, 0) is 55.0 Å². The van der Waals surface area contributed by atoms with Gasteiger partial charge in [-0.2, -0.15) is 0 Å². The number of guanidine groups is 1. The molecule has 30 heavy (non-hydrogen) atoms. The first-order valence-electron chi connectivity index (χ1n) is 10.5. The first-order chi connectivity index (χ1) is 14.1. The number of amides is 1. The molecule has 2 aromatic carbocycles. The van der Waals surface area contributed by atoms with E-state index in [9.17, 15) is 4.79 Å². The number of benzene rings is 2. The molecule has 1 amide bonds. The number of nitrogens with one attached hydrogen (secondary N) is 2. The van der Waals surface area contributed by atoms with E-state index in [4.69, 9.17) is 0 Å².